The SMILES string of the molecule is CC1(C)c2ccccc2-c2cc3c(cc21)[nH]c1c2cccc4c2c(cc31)-c1ccccc1-4. The Kier molecular flexibility index (Phi) is 2.79. The molecule has 5 aromatic carbocycles. The lowest BCUT2D eigenvalue weighted by atomic mass is 9.82. The van der Waals surface area contributed by atoms with Gasteiger partial charge in [-0.15, -0.1) is 0 Å². The molecular formula is C31H21N. The van der Waals surface area contributed by atoms with Crippen molar-refractivity contribution in [3.63, 3.8) is 0 Å². The summed E-state index contributed by atoms with van der Waals surface area (Å²) in [4.78, 5) is 3.82. The first-order valence-electron chi connectivity index (χ1n) is 11.4. The second kappa shape index (κ2) is 5.31. The smallest absolute Gasteiger partial charge is 0.0545 e. The third-order valence-corrected chi connectivity index (χ3v) is 7.94. The standard InChI is InChI=1S/C31H21N/c1-31(2)26-13-6-5-10-19(26)22-14-23-25-15-24-18-9-4-3-8-17(18)20-11-7-12-21(29(20)24)30(25)32-28(23)16-27(22)31/h3-16,32H,1-2H3. The van der Waals surface area contributed by atoms with E-state index in [2.05, 4.69) is 104 Å². The van der Waals surface area contributed by atoms with Crippen LogP contribution in [-0.2, 0) is 5.41 Å². The van der Waals surface area contributed by atoms with Crippen molar-refractivity contribution < 1.29 is 0 Å². The third-order valence-electron chi connectivity index (χ3n) is 7.94. The average Bonchev–Trinajstić information content (AvgIpc) is 3.42. The van der Waals surface area contributed by atoms with E-state index in [1.807, 2.05) is 0 Å². The Hall–Kier alpha value is -3.84. The van der Waals surface area contributed by atoms with Crippen LogP contribution in [0, 0.1) is 0 Å². The van der Waals surface area contributed by atoms with Crippen LogP contribution in [0.3, 0.4) is 0 Å². The van der Waals surface area contributed by atoms with Crippen LogP contribution in [-0.4, -0.2) is 4.98 Å². The first kappa shape index (κ1) is 16.8. The number of hydrogen-bond donors (Lipinski definition) is 1. The second-order valence-corrected chi connectivity index (χ2v) is 9.86. The molecule has 32 heavy (non-hydrogen) atoms. The zero-order valence-corrected chi connectivity index (χ0v) is 18.1. The number of nitrogens with one attached hydrogen (secondary N) is 1. The molecule has 1 nitrogen and oxygen atoms in total. The zero-order valence-electron chi connectivity index (χ0n) is 18.1. The van der Waals surface area contributed by atoms with Crippen molar-refractivity contribution in [2.75, 3.05) is 0 Å². The van der Waals surface area contributed by atoms with Crippen LogP contribution in [0.4, 0.5) is 0 Å². The quantitative estimate of drug-likeness (QED) is 0.260. The molecule has 0 radical (unpaired) electrons. The first-order chi connectivity index (χ1) is 15.6. The second-order valence-electron chi connectivity index (χ2n) is 9.86. The van der Waals surface area contributed by atoms with Gasteiger partial charge < -0.3 is 4.98 Å². The fourth-order valence-electron chi connectivity index (χ4n) is 6.43. The predicted molar refractivity (Wildman–Crippen MR) is 135 cm³/mol. The van der Waals surface area contributed by atoms with Gasteiger partial charge >= 0.3 is 0 Å². The normalized spacial score (nSPS) is 14.8. The van der Waals surface area contributed by atoms with Gasteiger partial charge in [-0.05, 0) is 68.1 Å². The largest absolute Gasteiger partial charge is 0.354 e. The van der Waals surface area contributed by atoms with Crippen molar-refractivity contribution in [3.05, 3.63) is 96.1 Å². The minimum absolute atomic E-state index is 0.0161. The van der Waals surface area contributed by atoms with Crippen molar-refractivity contribution in [1.82, 2.24) is 4.98 Å². The third kappa shape index (κ3) is 1.79. The Bertz CT molecular complexity index is 1800. The molecule has 0 fully saturated rings. The number of H-pyrrole nitrogens is 1. The average molecular weight is 408 g/mol. The van der Waals surface area contributed by atoms with Gasteiger partial charge in [-0.3, -0.25) is 0 Å². The van der Waals surface area contributed by atoms with E-state index < -0.39 is 0 Å². The van der Waals surface area contributed by atoms with Gasteiger partial charge in [0.15, 0.2) is 0 Å². The topological polar surface area (TPSA) is 15.8 Å². The van der Waals surface area contributed by atoms with E-state index in [1.165, 1.54) is 77.1 Å². The van der Waals surface area contributed by atoms with Gasteiger partial charge in [-0.2, -0.15) is 0 Å². The van der Waals surface area contributed by atoms with Gasteiger partial charge in [-0.1, -0.05) is 80.6 Å². The van der Waals surface area contributed by atoms with Crippen molar-refractivity contribution >= 4 is 32.6 Å². The minimum Gasteiger partial charge on any atom is -0.354 e. The molecule has 1 heteroatoms. The summed E-state index contributed by atoms with van der Waals surface area (Å²) in [6, 6.07) is 31.7. The number of hydrogen-bond acceptors (Lipinski definition) is 0. The number of fused-ring (bicyclic) bond motifs is 10. The molecule has 8 rings (SSSR count). The van der Waals surface area contributed by atoms with Crippen LogP contribution >= 0.6 is 0 Å². The van der Waals surface area contributed by atoms with Gasteiger partial charge in [0.05, 0.1) is 5.52 Å². The summed E-state index contributed by atoms with van der Waals surface area (Å²) in [7, 11) is 0. The summed E-state index contributed by atoms with van der Waals surface area (Å²) in [5.74, 6) is 0. The maximum absolute atomic E-state index is 3.82. The Balaban J connectivity index is 1.54. The summed E-state index contributed by atoms with van der Waals surface area (Å²) < 4.78 is 0. The fourth-order valence-corrected chi connectivity index (χ4v) is 6.43. The molecule has 0 unspecified atom stereocenters. The molecule has 0 aliphatic heterocycles. The number of aromatic amines is 1. The van der Waals surface area contributed by atoms with E-state index in [-0.39, 0.29) is 5.41 Å². The molecule has 0 bridgehead atoms. The van der Waals surface area contributed by atoms with Crippen LogP contribution in [0.25, 0.3) is 66.0 Å². The Morgan fingerprint density at radius 3 is 2.06 bits per heavy atom. The highest BCUT2D eigenvalue weighted by Crippen LogP contribution is 2.53. The Morgan fingerprint density at radius 2 is 1.22 bits per heavy atom. The number of aromatic nitrogens is 1. The molecule has 2 aliphatic carbocycles. The molecule has 1 N–H and O–H groups in total. The molecular weight excluding hydrogens is 386 g/mol. The van der Waals surface area contributed by atoms with Crippen LogP contribution in [0.1, 0.15) is 25.0 Å². The lowest BCUT2D eigenvalue weighted by Crippen LogP contribution is -2.14. The zero-order chi connectivity index (χ0) is 21.2. The van der Waals surface area contributed by atoms with E-state index in [1.54, 1.807) is 0 Å². The van der Waals surface area contributed by atoms with E-state index in [0.717, 1.165) is 0 Å². The van der Waals surface area contributed by atoms with E-state index in [0.29, 0.717) is 0 Å². The van der Waals surface area contributed by atoms with Gasteiger partial charge in [-0.25, -0.2) is 0 Å². The lowest BCUT2D eigenvalue weighted by molar-refractivity contribution is 0.661. The molecule has 1 aromatic heterocycles. The monoisotopic (exact) mass is 407 g/mol. The molecule has 150 valence electrons. The van der Waals surface area contributed by atoms with Gasteiger partial charge in [0, 0.05) is 27.1 Å². The van der Waals surface area contributed by atoms with Crippen molar-refractivity contribution in [1.29, 1.82) is 0 Å². The van der Waals surface area contributed by atoms with Crippen molar-refractivity contribution in [2.24, 2.45) is 0 Å². The summed E-state index contributed by atoms with van der Waals surface area (Å²) in [5.41, 5.74) is 13.5. The molecule has 0 saturated carbocycles. The minimum atomic E-state index is 0.0161. The summed E-state index contributed by atoms with van der Waals surface area (Å²) in [6.07, 6.45) is 0. The lowest BCUT2D eigenvalue weighted by Gasteiger charge is -2.21. The van der Waals surface area contributed by atoms with Gasteiger partial charge in [0.25, 0.3) is 0 Å². The molecule has 6 aromatic rings. The summed E-state index contributed by atoms with van der Waals surface area (Å²) in [6.45, 7) is 4.70. The van der Waals surface area contributed by atoms with Crippen LogP contribution in [0.15, 0.2) is 84.9 Å². The maximum atomic E-state index is 3.82. The van der Waals surface area contributed by atoms with Crippen LogP contribution < -0.4 is 0 Å². The molecule has 2 aliphatic rings. The Labute approximate surface area is 186 Å². The van der Waals surface area contributed by atoms with E-state index >= 15 is 0 Å². The molecule has 0 atom stereocenters. The molecule has 1 heterocycles. The van der Waals surface area contributed by atoms with Crippen molar-refractivity contribution in [3.8, 4) is 33.4 Å². The number of rotatable bonds is 0. The Morgan fingerprint density at radius 1 is 0.531 bits per heavy atom. The maximum Gasteiger partial charge on any atom is 0.0545 e. The highest BCUT2D eigenvalue weighted by atomic mass is 14.7. The summed E-state index contributed by atoms with van der Waals surface area (Å²) in [5, 5.41) is 5.34. The van der Waals surface area contributed by atoms with Crippen LogP contribution in [0.2, 0.25) is 0 Å². The predicted octanol–water partition coefficient (Wildman–Crippen LogP) is 8.43. The first-order valence-corrected chi connectivity index (χ1v) is 11.4. The van der Waals surface area contributed by atoms with Crippen molar-refractivity contribution in [2.45, 2.75) is 19.3 Å². The van der Waals surface area contributed by atoms with E-state index in [9.17, 15) is 0 Å². The fraction of sp³-hybridized carbons (Fsp3) is 0.0968. The van der Waals surface area contributed by atoms with Gasteiger partial charge in [0.1, 0.15) is 0 Å². The molecule has 0 spiro atoms. The van der Waals surface area contributed by atoms with Gasteiger partial charge in [0.2, 0.25) is 0 Å². The number of benzene rings is 5. The van der Waals surface area contributed by atoms with E-state index in [4.69, 9.17) is 0 Å². The molecule has 0 saturated heterocycles. The van der Waals surface area contributed by atoms with Crippen LogP contribution in [0.5, 0.6) is 0 Å². The molecule has 0 amide bonds. The highest BCUT2D eigenvalue weighted by molar-refractivity contribution is 6.27. The summed E-state index contributed by atoms with van der Waals surface area (Å²) >= 11 is 0. The highest BCUT2D eigenvalue weighted by Gasteiger charge is 2.36.